The van der Waals surface area contributed by atoms with Crippen molar-refractivity contribution in [2.24, 2.45) is 0 Å². The van der Waals surface area contributed by atoms with Gasteiger partial charge in [-0.2, -0.15) is 4.98 Å². The minimum Gasteiger partial charge on any atom is -0.478 e. The molecule has 4 nitrogen and oxygen atoms in total. The largest absolute Gasteiger partial charge is 0.478 e. The van der Waals surface area contributed by atoms with Crippen LogP contribution in [0.2, 0.25) is 0 Å². The maximum absolute atomic E-state index is 5.53. The van der Waals surface area contributed by atoms with Crippen LogP contribution in [0.5, 0.6) is 5.88 Å². The molecule has 102 valence electrons. The fraction of sp³-hybridized carbons (Fsp3) is 0.714. The Kier molecular flexibility index (Phi) is 7.14. The summed E-state index contributed by atoms with van der Waals surface area (Å²) in [5.41, 5.74) is 0.937. The first-order valence-electron chi connectivity index (χ1n) is 6.98. The first kappa shape index (κ1) is 14.7. The molecular weight excluding hydrogens is 226 g/mol. The van der Waals surface area contributed by atoms with Gasteiger partial charge in [-0.15, -0.1) is 0 Å². The summed E-state index contributed by atoms with van der Waals surface area (Å²) in [5, 5.41) is 3.26. The maximum atomic E-state index is 5.53. The zero-order valence-electron chi connectivity index (χ0n) is 11.8. The number of aryl methyl sites for hydroxylation is 1. The Morgan fingerprint density at radius 1 is 1.11 bits per heavy atom. The van der Waals surface area contributed by atoms with Crippen molar-refractivity contribution in [2.45, 2.75) is 52.9 Å². The number of nitrogens with zero attached hydrogens (tertiary/aromatic N) is 2. The molecule has 4 heteroatoms. The van der Waals surface area contributed by atoms with E-state index in [1.54, 1.807) is 0 Å². The number of hydrogen-bond donors (Lipinski definition) is 1. The minimum atomic E-state index is 0.667. The van der Waals surface area contributed by atoms with Gasteiger partial charge in [0.1, 0.15) is 0 Å². The number of hydrogen-bond acceptors (Lipinski definition) is 4. The molecule has 0 aromatic carbocycles. The monoisotopic (exact) mass is 251 g/mol. The second-order valence-electron chi connectivity index (χ2n) is 4.51. The molecule has 18 heavy (non-hydrogen) atoms. The topological polar surface area (TPSA) is 47.0 Å². The zero-order valence-corrected chi connectivity index (χ0v) is 11.8. The summed E-state index contributed by atoms with van der Waals surface area (Å²) in [6.07, 6.45) is 5.96. The molecule has 0 unspecified atom stereocenters. The lowest BCUT2D eigenvalue weighted by Crippen LogP contribution is -2.08. The highest BCUT2D eigenvalue weighted by molar-refractivity contribution is 5.30. The van der Waals surface area contributed by atoms with Gasteiger partial charge in [-0.3, -0.25) is 0 Å². The quantitative estimate of drug-likeness (QED) is 0.682. The fourth-order valence-electron chi connectivity index (χ4n) is 1.65. The van der Waals surface area contributed by atoms with Gasteiger partial charge >= 0.3 is 0 Å². The van der Waals surface area contributed by atoms with Gasteiger partial charge in [0.25, 0.3) is 0 Å². The molecule has 0 radical (unpaired) electrons. The van der Waals surface area contributed by atoms with Gasteiger partial charge in [-0.25, -0.2) is 4.98 Å². The highest BCUT2D eigenvalue weighted by atomic mass is 16.5. The van der Waals surface area contributed by atoms with E-state index in [0.717, 1.165) is 25.1 Å². The lowest BCUT2D eigenvalue weighted by Gasteiger charge is -2.08. The second kappa shape index (κ2) is 8.72. The molecule has 0 saturated carbocycles. The molecule has 0 aliphatic carbocycles. The van der Waals surface area contributed by atoms with Crippen LogP contribution in [-0.2, 0) is 0 Å². The summed E-state index contributed by atoms with van der Waals surface area (Å²) in [5.74, 6) is 1.35. The summed E-state index contributed by atoms with van der Waals surface area (Å²) in [4.78, 5) is 8.70. The van der Waals surface area contributed by atoms with E-state index in [1.807, 2.05) is 13.0 Å². The van der Waals surface area contributed by atoms with Crippen molar-refractivity contribution < 1.29 is 4.74 Å². The predicted molar refractivity (Wildman–Crippen MR) is 75.2 cm³/mol. The summed E-state index contributed by atoms with van der Waals surface area (Å²) in [6, 6.07) is 1.87. The van der Waals surface area contributed by atoms with Crippen molar-refractivity contribution in [1.82, 2.24) is 9.97 Å². The number of aromatic nitrogens is 2. The number of rotatable bonds is 9. The van der Waals surface area contributed by atoms with Crippen LogP contribution in [0, 0.1) is 6.92 Å². The molecule has 1 heterocycles. The Labute approximate surface area is 110 Å². The van der Waals surface area contributed by atoms with Crippen LogP contribution >= 0.6 is 0 Å². The van der Waals surface area contributed by atoms with Crippen LogP contribution in [0.1, 0.15) is 51.6 Å². The molecule has 0 atom stereocenters. The number of unbranched alkanes of at least 4 members (excludes halogenated alkanes) is 3. The third kappa shape index (κ3) is 5.84. The van der Waals surface area contributed by atoms with Crippen LogP contribution in [-0.4, -0.2) is 23.1 Å². The van der Waals surface area contributed by atoms with E-state index in [2.05, 4.69) is 29.1 Å². The van der Waals surface area contributed by atoms with E-state index in [9.17, 15) is 0 Å². The normalized spacial score (nSPS) is 10.4. The van der Waals surface area contributed by atoms with Crippen molar-refractivity contribution in [3.8, 4) is 5.88 Å². The van der Waals surface area contributed by atoms with E-state index < -0.39 is 0 Å². The van der Waals surface area contributed by atoms with Gasteiger partial charge in [0, 0.05) is 18.3 Å². The Bertz CT molecular complexity index is 342. The smallest absolute Gasteiger partial charge is 0.226 e. The van der Waals surface area contributed by atoms with E-state index in [0.29, 0.717) is 18.4 Å². The first-order valence-corrected chi connectivity index (χ1v) is 6.98. The van der Waals surface area contributed by atoms with E-state index in [4.69, 9.17) is 4.74 Å². The second-order valence-corrected chi connectivity index (χ2v) is 4.51. The Hall–Kier alpha value is -1.32. The molecule has 0 amide bonds. The predicted octanol–water partition coefficient (Wildman–Crippen LogP) is 3.57. The van der Waals surface area contributed by atoms with Gasteiger partial charge in [0.05, 0.1) is 6.61 Å². The average Bonchev–Trinajstić information content (AvgIpc) is 2.35. The summed E-state index contributed by atoms with van der Waals surface area (Å²) in [7, 11) is 0. The lowest BCUT2D eigenvalue weighted by molar-refractivity contribution is 0.305. The van der Waals surface area contributed by atoms with E-state index >= 15 is 0 Å². The van der Waals surface area contributed by atoms with Gasteiger partial charge in [0.15, 0.2) is 0 Å². The summed E-state index contributed by atoms with van der Waals surface area (Å²) >= 11 is 0. The minimum absolute atomic E-state index is 0.667. The Morgan fingerprint density at radius 2 is 1.94 bits per heavy atom. The standard InChI is InChI=1S/C14H25N3O/c1-4-6-7-8-9-15-14-16-12(3)11-13(17-14)18-10-5-2/h11H,4-10H2,1-3H3,(H,15,16,17). The van der Waals surface area contributed by atoms with Crippen molar-refractivity contribution in [3.63, 3.8) is 0 Å². The fourth-order valence-corrected chi connectivity index (χ4v) is 1.65. The molecule has 0 aliphatic rings. The van der Waals surface area contributed by atoms with E-state index in [1.165, 1.54) is 19.3 Å². The highest BCUT2D eigenvalue weighted by Gasteiger charge is 2.02. The SMILES string of the molecule is CCCCCCNc1nc(C)cc(OCCC)n1. The van der Waals surface area contributed by atoms with Crippen molar-refractivity contribution >= 4 is 5.95 Å². The van der Waals surface area contributed by atoms with Crippen LogP contribution in [0.4, 0.5) is 5.95 Å². The first-order chi connectivity index (χ1) is 8.76. The van der Waals surface area contributed by atoms with Gasteiger partial charge in [-0.05, 0) is 19.8 Å². The molecule has 1 rings (SSSR count). The zero-order chi connectivity index (χ0) is 13.2. The van der Waals surface area contributed by atoms with Crippen LogP contribution in [0.3, 0.4) is 0 Å². The number of ether oxygens (including phenoxy) is 1. The van der Waals surface area contributed by atoms with Gasteiger partial charge in [0.2, 0.25) is 11.8 Å². The van der Waals surface area contributed by atoms with Crippen LogP contribution in [0.15, 0.2) is 6.07 Å². The Morgan fingerprint density at radius 3 is 2.67 bits per heavy atom. The molecule has 0 aliphatic heterocycles. The molecule has 1 N–H and O–H groups in total. The van der Waals surface area contributed by atoms with Crippen molar-refractivity contribution in [3.05, 3.63) is 11.8 Å². The number of nitrogens with one attached hydrogen (secondary N) is 1. The third-order valence-electron chi connectivity index (χ3n) is 2.60. The number of anilines is 1. The summed E-state index contributed by atoms with van der Waals surface area (Å²) in [6.45, 7) is 7.89. The average molecular weight is 251 g/mol. The Balaban J connectivity index is 2.41. The van der Waals surface area contributed by atoms with E-state index in [-0.39, 0.29) is 0 Å². The molecule has 0 saturated heterocycles. The summed E-state index contributed by atoms with van der Waals surface area (Å²) < 4.78 is 5.53. The van der Waals surface area contributed by atoms with Crippen molar-refractivity contribution in [2.75, 3.05) is 18.5 Å². The maximum Gasteiger partial charge on any atom is 0.226 e. The van der Waals surface area contributed by atoms with Crippen LogP contribution < -0.4 is 10.1 Å². The molecule has 1 aromatic heterocycles. The highest BCUT2D eigenvalue weighted by Crippen LogP contribution is 2.12. The lowest BCUT2D eigenvalue weighted by atomic mass is 10.2. The molecule has 0 fully saturated rings. The van der Waals surface area contributed by atoms with Gasteiger partial charge < -0.3 is 10.1 Å². The molecule has 1 aromatic rings. The van der Waals surface area contributed by atoms with Crippen LogP contribution in [0.25, 0.3) is 0 Å². The van der Waals surface area contributed by atoms with Crippen molar-refractivity contribution in [1.29, 1.82) is 0 Å². The third-order valence-corrected chi connectivity index (χ3v) is 2.60. The van der Waals surface area contributed by atoms with Gasteiger partial charge in [-0.1, -0.05) is 33.1 Å². The molecule has 0 bridgehead atoms. The molecule has 0 spiro atoms. The molecular formula is C14H25N3O.